The van der Waals surface area contributed by atoms with Crippen LogP contribution in [-0.4, -0.2) is 27.9 Å². The van der Waals surface area contributed by atoms with E-state index < -0.39 is 11.9 Å². The summed E-state index contributed by atoms with van der Waals surface area (Å²) in [5, 5.41) is 13.0. The van der Waals surface area contributed by atoms with E-state index in [1.165, 1.54) is 10.9 Å². The van der Waals surface area contributed by atoms with E-state index in [-0.39, 0.29) is 6.04 Å². The van der Waals surface area contributed by atoms with Gasteiger partial charge in [0, 0.05) is 25.5 Å². The Labute approximate surface area is 137 Å². The Hall–Kier alpha value is -2.56. The lowest BCUT2D eigenvalue weighted by molar-refractivity contribution is -0.141. The Morgan fingerprint density at radius 3 is 2.79 bits per heavy atom. The van der Waals surface area contributed by atoms with Crippen molar-refractivity contribution in [3.63, 3.8) is 0 Å². The molecule has 8 heteroatoms. The van der Waals surface area contributed by atoms with Gasteiger partial charge in [0.1, 0.15) is 11.9 Å². The summed E-state index contributed by atoms with van der Waals surface area (Å²) < 4.78 is 39.5. The third-order valence-electron chi connectivity index (χ3n) is 4.22. The molecule has 0 bridgehead atoms. The maximum absolute atomic E-state index is 12.7. The highest BCUT2D eigenvalue weighted by Gasteiger charge is 2.34. The minimum absolute atomic E-state index is 0.177. The number of hydrogen-bond acceptors (Lipinski definition) is 4. The number of hydrogen-bond donors (Lipinski definition) is 0. The molecular weight excluding hydrogens is 319 g/mol. The van der Waals surface area contributed by atoms with Crippen molar-refractivity contribution in [2.24, 2.45) is 0 Å². The summed E-state index contributed by atoms with van der Waals surface area (Å²) in [5.41, 5.74) is 0.462. The van der Waals surface area contributed by atoms with Crippen LogP contribution in [-0.2, 0) is 6.18 Å². The van der Waals surface area contributed by atoms with Crippen LogP contribution in [0.4, 0.5) is 19.0 Å². The quantitative estimate of drug-likeness (QED) is 0.845. The van der Waals surface area contributed by atoms with Crippen molar-refractivity contribution in [1.82, 2.24) is 14.8 Å². The van der Waals surface area contributed by atoms with E-state index in [4.69, 9.17) is 0 Å². The van der Waals surface area contributed by atoms with Crippen LogP contribution in [0.1, 0.15) is 35.7 Å². The van der Waals surface area contributed by atoms with Gasteiger partial charge in [-0.25, -0.2) is 4.98 Å². The van der Waals surface area contributed by atoms with Crippen molar-refractivity contribution in [1.29, 1.82) is 5.26 Å². The molecule has 0 saturated carbocycles. The summed E-state index contributed by atoms with van der Waals surface area (Å²) in [5.74, 6) is 0.588. The van der Waals surface area contributed by atoms with Crippen LogP contribution in [0.2, 0.25) is 0 Å². The number of nitriles is 1. The van der Waals surface area contributed by atoms with Crippen molar-refractivity contribution in [3.8, 4) is 6.07 Å². The van der Waals surface area contributed by atoms with Gasteiger partial charge in [-0.2, -0.15) is 23.5 Å². The number of aryl methyl sites for hydroxylation is 1. The molecule has 1 saturated heterocycles. The van der Waals surface area contributed by atoms with Gasteiger partial charge >= 0.3 is 6.18 Å². The highest BCUT2D eigenvalue weighted by atomic mass is 19.4. The van der Waals surface area contributed by atoms with E-state index in [1.54, 1.807) is 12.3 Å². The number of anilines is 1. The summed E-state index contributed by atoms with van der Waals surface area (Å²) >= 11 is 0. The van der Waals surface area contributed by atoms with Crippen LogP contribution in [0, 0.1) is 18.3 Å². The third-order valence-corrected chi connectivity index (χ3v) is 4.22. The average molecular weight is 335 g/mol. The summed E-state index contributed by atoms with van der Waals surface area (Å²) in [6, 6.07) is 4.75. The molecule has 0 aliphatic carbocycles. The molecule has 2 aromatic rings. The Bertz CT molecular complexity index is 775. The van der Waals surface area contributed by atoms with Gasteiger partial charge in [-0.15, -0.1) is 0 Å². The number of aromatic nitrogens is 3. The third kappa shape index (κ3) is 3.07. The van der Waals surface area contributed by atoms with Crippen LogP contribution in [0.15, 0.2) is 24.5 Å². The Morgan fingerprint density at radius 1 is 1.33 bits per heavy atom. The van der Waals surface area contributed by atoms with E-state index in [0.717, 1.165) is 31.0 Å². The second-order valence-electron chi connectivity index (χ2n) is 5.86. The fraction of sp³-hybridized carbons (Fsp3) is 0.438. The highest BCUT2D eigenvalue weighted by Crippen LogP contribution is 2.31. The van der Waals surface area contributed by atoms with E-state index in [9.17, 15) is 18.4 Å². The molecule has 5 nitrogen and oxygen atoms in total. The smallest absolute Gasteiger partial charge is 0.353 e. The maximum atomic E-state index is 12.7. The largest absolute Gasteiger partial charge is 0.435 e. The second kappa shape index (κ2) is 6.15. The molecule has 1 fully saturated rings. The molecule has 0 spiro atoms. The summed E-state index contributed by atoms with van der Waals surface area (Å²) in [7, 11) is 0. The lowest BCUT2D eigenvalue weighted by atomic mass is 10.0. The Kier molecular flexibility index (Phi) is 4.18. The molecule has 0 unspecified atom stereocenters. The predicted molar refractivity (Wildman–Crippen MR) is 81.4 cm³/mol. The number of alkyl halides is 3. The summed E-state index contributed by atoms with van der Waals surface area (Å²) in [6.07, 6.45) is 0.109. The minimum Gasteiger partial charge on any atom is -0.353 e. The zero-order chi connectivity index (χ0) is 17.3. The zero-order valence-electron chi connectivity index (χ0n) is 13.1. The molecule has 1 atom stereocenters. The molecule has 1 aliphatic rings. The monoisotopic (exact) mass is 335 g/mol. The van der Waals surface area contributed by atoms with Gasteiger partial charge in [0.25, 0.3) is 0 Å². The van der Waals surface area contributed by atoms with E-state index in [0.29, 0.717) is 17.9 Å². The Balaban J connectivity index is 1.84. The van der Waals surface area contributed by atoms with Crippen molar-refractivity contribution in [2.45, 2.75) is 32.0 Å². The predicted octanol–water partition coefficient (Wildman–Crippen LogP) is 3.32. The molecule has 0 amide bonds. The lowest BCUT2D eigenvalue weighted by Crippen LogP contribution is -2.38. The number of pyridine rings is 1. The zero-order valence-corrected chi connectivity index (χ0v) is 13.1. The summed E-state index contributed by atoms with van der Waals surface area (Å²) in [4.78, 5) is 6.25. The first-order valence-corrected chi connectivity index (χ1v) is 7.63. The van der Waals surface area contributed by atoms with E-state index in [1.807, 2.05) is 11.8 Å². The van der Waals surface area contributed by atoms with Crippen molar-refractivity contribution >= 4 is 5.82 Å². The van der Waals surface area contributed by atoms with Gasteiger partial charge in [0.05, 0.1) is 11.6 Å². The normalized spacial score (nSPS) is 18.5. The van der Waals surface area contributed by atoms with Gasteiger partial charge in [-0.1, -0.05) is 0 Å². The molecule has 0 N–H and O–H groups in total. The first kappa shape index (κ1) is 16.3. The van der Waals surface area contributed by atoms with E-state index >= 15 is 0 Å². The number of rotatable bonds is 2. The number of nitrogens with zero attached hydrogens (tertiary/aromatic N) is 5. The number of halogens is 3. The molecule has 3 heterocycles. The molecule has 126 valence electrons. The van der Waals surface area contributed by atoms with Crippen LogP contribution >= 0.6 is 0 Å². The van der Waals surface area contributed by atoms with Gasteiger partial charge in [0.15, 0.2) is 5.69 Å². The lowest BCUT2D eigenvalue weighted by Gasteiger charge is -2.34. The fourth-order valence-electron chi connectivity index (χ4n) is 2.98. The standard InChI is InChI=1S/C16H16F3N5/c1-11-4-6-21-15(13(11)9-20)23-7-2-3-12(10-23)24-8-5-14(22-24)16(17,18)19/h4-6,8,12H,2-3,7,10H2,1H3/t12-/m1/s1. The van der Waals surface area contributed by atoms with Crippen LogP contribution < -0.4 is 4.90 Å². The minimum atomic E-state index is -4.44. The molecular formula is C16H16F3N5. The van der Waals surface area contributed by atoms with Gasteiger partial charge in [-0.05, 0) is 37.5 Å². The van der Waals surface area contributed by atoms with Crippen molar-refractivity contribution in [3.05, 3.63) is 41.3 Å². The molecule has 3 rings (SSSR count). The van der Waals surface area contributed by atoms with Gasteiger partial charge < -0.3 is 4.90 Å². The van der Waals surface area contributed by atoms with Gasteiger partial charge in [-0.3, -0.25) is 4.68 Å². The van der Waals surface area contributed by atoms with Crippen LogP contribution in [0.3, 0.4) is 0 Å². The fourth-order valence-corrected chi connectivity index (χ4v) is 2.98. The topological polar surface area (TPSA) is 57.7 Å². The van der Waals surface area contributed by atoms with Crippen molar-refractivity contribution < 1.29 is 13.2 Å². The molecule has 0 radical (unpaired) electrons. The first-order valence-electron chi connectivity index (χ1n) is 7.63. The van der Waals surface area contributed by atoms with E-state index in [2.05, 4.69) is 16.2 Å². The second-order valence-corrected chi connectivity index (χ2v) is 5.86. The van der Waals surface area contributed by atoms with Crippen molar-refractivity contribution in [2.75, 3.05) is 18.0 Å². The summed E-state index contributed by atoms with van der Waals surface area (Å²) in [6.45, 7) is 3.04. The molecule has 1 aliphatic heterocycles. The van der Waals surface area contributed by atoms with Crippen LogP contribution in [0.5, 0.6) is 0 Å². The van der Waals surface area contributed by atoms with Gasteiger partial charge in [0.2, 0.25) is 0 Å². The first-order chi connectivity index (χ1) is 11.4. The Morgan fingerprint density at radius 2 is 2.12 bits per heavy atom. The maximum Gasteiger partial charge on any atom is 0.435 e. The average Bonchev–Trinajstić information content (AvgIpc) is 3.05. The molecule has 2 aromatic heterocycles. The molecule has 24 heavy (non-hydrogen) atoms. The highest BCUT2D eigenvalue weighted by molar-refractivity contribution is 5.57. The van der Waals surface area contributed by atoms with Crippen LogP contribution in [0.25, 0.3) is 0 Å². The molecule has 0 aromatic carbocycles. The SMILES string of the molecule is Cc1ccnc(N2CCC[C@@H](n3ccc(C(F)(F)F)n3)C2)c1C#N. The number of piperidine rings is 1.